The first-order valence-corrected chi connectivity index (χ1v) is 6.99. The fourth-order valence-corrected chi connectivity index (χ4v) is 2.66. The Labute approximate surface area is 122 Å². The number of rotatable bonds is 3. The van der Waals surface area contributed by atoms with E-state index in [0.717, 1.165) is 41.8 Å². The van der Waals surface area contributed by atoms with Gasteiger partial charge in [-0.3, -0.25) is 4.79 Å². The Bertz CT molecular complexity index is 680. The summed E-state index contributed by atoms with van der Waals surface area (Å²) >= 11 is 0. The SMILES string of the molecule is CC(=O)Nc1ccc(Oc2ccc(F)c3c2CCC3)cc1. The lowest BCUT2D eigenvalue weighted by Gasteiger charge is -2.11. The monoisotopic (exact) mass is 285 g/mol. The van der Waals surface area contributed by atoms with Gasteiger partial charge in [0.05, 0.1) is 0 Å². The van der Waals surface area contributed by atoms with Crippen molar-refractivity contribution < 1.29 is 13.9 Å². The third-order valence-electron chi connectivity index (χ3n) is 3.59. The minimum absolute atomic E-state index is 0.111. The van der Waals surface area contributed by atoms with Gasteiger partial charge in [-0.25, -0.2) is 4.39 Å². The first kappa shape index (κ1) is 13.6. The van der Waals surface area contributed by atoms with Gasteiger partial charge < -0.3 is 10.1 Å². The zero-order chi connectivity index (χ0) is 14.8. The number of fused-ring (bicyclic) bond motifs is 1. The molecular weight excluding hydrogens is 269 g/mol. The van der Waals surface area contributed by atoms with Crippen LogP contribution in [-0.4, -0.2) is 5.91 Å². The molecule has 0 radical (unpaired) electrons. The molecule has 1 N–H and O–H groups in total. The molecule has 1 amide bonds. The topological polar surface area (TPSA) is 38.3 Å². The van der Waals surface area contributed by atoms with Crippen molar-refractivity contribution in [3.8, 4) is 11.5 Å². The summed E-state index contributed by atoms with van der Waals surface area (Å²) in [5.74, 6) is 1.14. The lowest BCUT2D eigenvalue weighted by atomic mass is 10.1. The van der Waals surface area contributed by atoms with Crippen LogP contribution in [0.1, 0.15) is 24.5 Å². The van der Waals surface area contributed by atoms with Crippen LogP contribution in [-0.2, 0) is 17.6 Å². The molecule has 0 saturated heterocycles. The normalized spacial score (nSPS) is 12.9. The van der Waals surface area contributed by atoms with Crippen molar-refractivity contribution in [3.05, 3.63) is 53.3 Å². The summed E-state index contributed by atoms with van der Waals surface area (Å²) in [6, 6.07) is 10.3. The molecule has 0 spiro atoms. The minimum atomic E-state index is -0.143. The summed E-state index contributed by atoms with van der Waals surface area (Å²) in [7, 11) is 0. The lowest BCUT2D eigenvalue weighted by Crippen LogP contribution is -2.05. The predicted octanol–water partition coefficient (Wildman–Crippen LogP) is 4.07. The number of nitrogens with one attached hydrogen (secondary N) is 1. The average molecular weight is 285 g/mol. The van der Waals surface area contributed by atoms with Crippen molar-refractivity contribution in [2.45, 2.75) is 26.2 Å². The van der Waals surface area contributed by atoms with Crippen molar-refractivity contribution in [2.75, 3.05) is 5.32 Å². The maximum absolute atomic E-state index is 13.7. The molecule has 3 nitrogen and oxygen atoms in total. The van der Waals surface area contributed by atoms with Crippen LogP contribution in [0.15, 0.2) is 36.4 Å². The largest absolute Gasteiger partial charge is 0.457 e. The van der Waals surface area contributed by atoms with Crippen LogP contribution in [0, 0.1) is 5.82 Å². The number of halogens is 1. The highest BCUT2D eigenvalue weighted by Gasteiger charge is 2.19. The second-order valence-electron chi connectivity index (χ2n) is 5.16. The molecule has 0 aliphatic heterocycles. The van der Waals surface area contributed by atoms with Gasteiger partial charge in [0.15, 0.2) is 0 Å². The second-order valence-corrected chi connectivity index (χ2v) is 5.16. The Kier molecular flexibility index (Phi) is 3.60. The van der Waals surface area contributed by atoms with Gasteiger partial charge in [0, 0.05) is 18.2 Å². The number of hydrogen-bond acceptors (Lipinski definition) is 2. The number of amides is 1. The third kappa shape index (κ3) is 2.89. The van der Waals surface area contributed by atoms with Gasteiger partial charge in [-0.05, 0) is 61.2 Å². The summed E-state index contributed by atoms with van der Waals surface area (Å²) in [5, 5.41) is 2.70. The van der Waals surface area contributed by atoms with Crippen LogP contribution in [0.4, 0.5) is 10.1 Å². The molecule has 3 rings (SSSR count). The van der Waals surface area contributed by atoms with Gasteiger partial charge in [0.25, 0.3) is 0 Å². The van der Waals surface area contributed by atoms with Gasteiger partial charge >= 0.3 is 0 Å². The minimum Gasteiger partial charge on any atom is -0.457 e. The van der Waals surface area contributed by atoms with Gasteiger partial charge in [0.1, 0.15) is 17.3 Å². The van der Waals surface area contributed by atoms with E-state index in [0.29, 0.717) is 5.75 Å². The second kappa shape index (κ2) is 5.56. The van der Waals surface area contributed by atoms with Crippen molar-refractivity contribution >= 4 is 11.6 Å². The number of benzene rings is 2. The molecule has 0 saturated carbocycles. The molecule has 1 aliphatic carbocycles. The third-order valence-corrected chi connectivity index (χ3v) is 3.59. The molecule has 0 atom stereocenters. The number of ether oxygens (including phenoxy) is 1. The molecule has 2 aromatic rings. The van der Waals surface area contributed by atoms with Crippen LogP contribution in [0.2, 0.25) is 0 Å². The Balaban J connectivity index is 1.81. The highest BCUT2D eigenvalue weighted by atomic mass is 19.1. The molecule has 0 heterocycles. The number of hydrogen-bond donors (Lipinski definition) is 1. The van der Waals surface area contributed by atoms with Crippen LogP contribution in [0.5, 0.6) is 11.5 Å². The van der Waals surface area contributed by atoms with Gasteiger partial charge in [-0.1, -0.05) is 0 Å². The zero-order valence-electron chi connectivity index (χ0n) is 11.8. The fourth-order valence-electron chi connectivity index (χ4n) is 2.66. The van der Waals surface area contributed by atoms with Crippen LogP contribution < -0.4 is 10.1 Å². The van der Waals surface area contributed by atoms with E-state index in [4.69, 9.17) is 4.74 Å². The van der Waals surface area contributed by atoms with E-state index in [1.54, 1.807) is 30.3 Å². The van der Waals surface area contributed by atoms with Crippen LogP contribution in [0.3, 0.4) is 0 Å². The van der Waals surface area contributed by atoms with Crippen molar-refractivity contribution in [2.24, 2.45) is 0 Å². The summed E-state index contributed by atoms with van der Waals surface area (Å²) in [5.41, 5.74) is 2.47. The molecular formula is C17H16FNO2. The van der Waals surface area contributed by atoms with E-state index in [1.807, 2.05) is 0 Å². The molecule has 1 aliphatic rings. The first-order chi connectivity index (χ1) is 10.1. The maximum Gasteiger partial charge on any atom is 0.221 e. The molecule has 0 bridgehead atoms. The standard InChI is InChI=1S/C17H16FNO2/c1-11(20)19-12-5-7-13(8-6-12)21-17-10-9-16(18)14-3-2-4-15(14)17/h5-10H,2-4H2,1H3,(H,19,20). The van der Waals surface area contributed by atoms with E-state index >= 15 is 0 Å². The van der Waals surface area contributed by atoms with E-state index in [9.17, 15) is 9.18 Å². The molecule has 2 aromatic carbocycles. The Hall–Kier alpha value is -2.36. The lowest BCUT2D eigenvalue weighted by molar-refractivity contribution is -0.114. The fraction of sp³-hybridized carbons (Fsp3) is 0.235. The van der Waals surface area contributed by atoms with Crippen molar-refractivity contribution in [1.29, 1.82) is 0 Å². The highest BCUT2D eigenvalue weighted by Crippen LogP contribution is 2.35. The average Bonchev–Trinajstić information content (AvgIpc) is 2.94. The van der Waals surface area contributed by atoms with E-state index in [1.165, 1.54) is 13.0 Å². The molecule has 0 unspecified atom stereocenters. The van der Waals surface area contributed by atoms with Gasteiger partial charge in [0.2, 0.25) is 5.91 Å². The maximum atomic E-state index is 13.7. The number of carbonyl (C=O) groups is 1. The zero-order valence-corrected chi connectivity index (χ0v) is 11.8. The molecule has 21 heavy (non-hydrogen) atoms. The summed E-state index contributed by atoms with van der Waals surface area (Å²) in [4.78, 5) is 11.0. The Morgan fingerprint density at radius 3 is 2.52 bits per heavy atom. The molecule has 0 aromatic heterocycles. The van der Waals surface area contributed by atoms with Crippen molar-refractivity contribution in [1.82, 2.24) is 0 Å². The predicted molar refractivity (Wildman–Crippen MR) is 79.2 cm³/mol. The molecule has 108 valence electrons. The van der Waals surface area contributed by atoms with E-state index < -0.39 is 0 Å². The van der Waals surface area contributed by atoms with Crippen LogP contribution >= 0.6 is 0 Å². The van der Waals surface area contributed by atoms with Crippen molar-refractivity contribution in [3.63, 3.8) is 0 Å². The van der Waals surface area contributed by atoms with Crippen LogP contribution in [0.25, 0.3) is 0 Å². The highest BCUT2D eigenvalue weighted by molar-refractivity contribution is 5.88. The summed E-state index contributed by atoms with van der Waals surface area (Å²) < 4.78 is 19.5. The smallest absolute Gasteiger partial charge is 0.221 e. The summed E-state index contributed by atoms with van der Waals surface area (Å²) in [6.07, 6.45) is 2.60. The molecule has 4 heteroatoms. The molecule has 0 fully saturated rings. The van der Waals surface area contributed by atoms with Gasteiger partial charge in [-0.2, -0.15) is 0 Å². The van der Waals surface area contributed by atoms with E-state index in [2.05, 4.69) is 5.32 Å². The Morgan fingerprint density at radius 2 is 1.81 bits per heavy atom. The number of carbonyl (C=O) groups excluding carboxylic acids is 1. The van der Waals surface area contributed by atoms with Gasteiger partial charge in [-0.15, -0.1) is 0 Å². The number of anilines is 1. The van der Waals surface area contributed by atoms with E-state index in [-0.39, 0.29) is 11.7 Å². The Morgan fingerprint density at radius 1 is 1.10 bits per heavy atom. The summed E-state index contributed by atoms with van der Waals surface area (Å²) in [6.45, 7) is 1.46. The first-order valence-electron chi connectivity index (χ1n) is 6.99. The quantitative estimate of drug-likeness (QED) is 0.923.